The maximum absolute atomic E-state index is 13.5. The van der Waals surface area contributed by atoms with E-state index in [4.69, 9.17) is 17.3 Å². The highest BCUT2D eigenvalue weighted by atomic mass is 35.5. The molecule has 1 aromatic carbocycles. The molecule has 0 saturated heterocycles. The lowest BCUT2D eigenvalue weighted by atomic mass is 10.1. The molecule has 3 nitrogen and oxygen atoms in total. The zero-order valence-electron chi connectivity index (χ0n) is 8.34. The second-order valence-electron chi connectivity index (χ2n) is 3.29. The largest absolute Gasteiger partial charge is 0.369 e. The second kappa shape index (κ2) is 3.75. The lowest BCUT2D eigenvalue weighted by Gasteiger charge is -2.05. The molecule has 6 heteroatoms. The maximum atomic E-state index is 13.5. The van der Waals surface area contributed by atoms with Crippen molar-refractivity contribution in [2.24, 2.45) is 7.05 Å². The van der Waals surface area contributed by atoms with E-state index in [1.54, 1.807) is 7.05 Å². The van der Waals surface area contributed by atoms with Gasteiger partial charge in [0.15, 0.2) is 5.15 Å². The minimum Gasteiger partial charge on any atom is -0.369 e. The smallest absolute Gasteiger partial charge is 0.201 e. The van der Waals surface area contributed by atoms with Gasteiger partial charge in [0.05, 0.1) is 5.69 Å². The van der Waals surface area contributed by atoms with Crippen LogP contribution >= 0.6 is 11.6 Å². The Balaban J connectivity index is 2.67. The number of hydrogen-bond donors (Lipinski definition) is 1. The molecular formula is C10H8ClF2N3. The number of nitrogens with two attached hydrogens (primary N) is 1. The summed E-state index contributed by atoms with van der Waals surface area (Å²) in [7, 11) is 1.60. The third-order valence-corrected chi connectivity index (χ3v) is 2.54. The molecule has 0 aliphatic carbocycles. The fraction of sp³-hybridized carbons (Fsp3) is 0.100. The van der Waals surface area contributed by atoms with E-state index in [9.17, 15) is 8.78 Å². The van der Waals surface area contributed by atoms with Crippen LogP contribution in [-0.4, -0.2) is 9.55 Å². The first kappa shape index (κ1) is 10.9. The van der Waals surface area contributed by atoms with Crippen LogP contribution in [0.3, 0.4) is 0 Å². The van der Waals surface area contributed by atoms with Crippen LogP contribution in [0.25, 0.3) is 11.3 Å². The number of nitrogen functional groups attached to an aromatic ring is 1. The molecule has 16 heavy (non-hydrogen) atoms. The van der Waals surface area contributed by atoms with Crippen LogP contribution in [0, 0.1) is 11.6 Å². The van der Waals surface area contributed by atoms with E-state index in [2.05, 4.69) is 4.98 Å². The Hall–Kier alpha value is -1.62. The molecule has 1 aromatic heterocycles. The number of hydrogen-bond acceptors (Lipinski definition) is 2. The van der Waals surface area contributed by atoms with Gasteiger partial charge in [-0.3, -0.25) is 0 Å². The van der Waals surface area contributed by atoms with Crippen molar-refractivity contribution in [3.63, 3.8) is 0 Å². The predicted octanol–water partition coefficient (Wildman–Crippen LogP) is 2.60. The first-order valence-electron chi connectivity index (χ1n) is 4.44. The van der Waals surface area contributed by atoms with E-state index >= 15 is 0 Å². The number of nitrogens with zero attached hydrogens (tertiary/aromatic N) is 2. The monoisotopic (exact) mass is 243 g/mol. The van der Waals surface area contributed by atoms with E-state index in [-0.39, 0.29) is 16.7 Å². The van der Waals surface area contributed by atoms with Gasteiger partial charge >= 0.3 is 0 Å². The molecule has 2 aromatic rings. The van der Waals surface area contributed by atoms with Crippen molar-refractivity contribution < 1.29 is 8.78 Å². The summed E-state index contributed by atoms with van der Waals surface area (Å²) in [5.41, 5.74) is 6.02. The minimum atomic E-state index is -0.704. The Morgan fingerprint density at radius 3 is 2.56 bits per heavy atom. The molecule has 0 spiro atoms. The van der Waals surface area contributed by atoms with E-state index in [1.807, 2.05) is 0 Å². The van der Waals surface area contributed by atoms with Gasteiger partial charge < -0.3 is 10.3 Å². The molecule has 84 valence electrons. The summed E-state index contributed by atoms with van der Waals surface area (Å²) in [6.45, 7) is 0. The summed E-state index contributed by atoms with van der Waals surface area (Å²) in [5, 5.41) is 0.0884. The Morgan fingerprint density at radius 2 is 2.06 bits per heavy atom. The quantitative estimate of drug-likeness (QED) is 0.837. The molecule has 1 heterocycles. The number of halogens is 3. The number of imidazole rings is 1. The second-order valence-corrected chi connectivity index (χ2v) is 3.65. The van der Waals surface area contributed by atoms with Crippen LogP contribution in [0.5, 0.6) is 0 Å². The minimum absolute atomic E-state index is 0.0884. The molecule has 0 amide bonds. The SMILES string of the molecule is Cn1c(N)nc(Cl)c1-c1ccc(F)cc1F. The van der Waals surface area contributed by atoms with Crippen molar-refractivity contribution in [1.82, 2.24) is 9.55 Å². The lowest BCUT2D eigenvalue weighted by molar-refractivity contribution is 0.585. The van der Waals surface area contributed by atoms with Crippen LogP contribution in [0.15, 0.2) is 18.2 Å². The zero-order chi connectivity index (χ0) is 11.9. The van der Waals surface area contributed by atoms with Gasteiger partial charge in [-0.1, -0.05) is 11.6 Å². The van der Waals surface area contributed by atoms with Gasteiger partial charge in [-0.05, 0) is 12.1 Å². The van der Waals surface area contributed by atoms with Crippen molar-refractivity contribution in [1.29, 1.82) is 0 Å². The van der Waals surface area contributed by atoms with E-state index in [1.165, 1.54) is 10.6 Å². The topological polar surface area (TPSA) is 43.8 Å². The molecule has 0 atom stereocenters. The zero-order valence-corrected chi connectivity index (χ0v) is 9.09. The molecule has 0 aliphatic heterocycles. The van der Waals surface area contributed by atoms with E-state index < -0.39 is 11.6 Å². The molecule has 2 rings (SSSR count). The molecule has 0 aliphatic rings. The highest BCUT2D eigenvalue weighted by Crippen LogP contribution is 2.31. The summed E-state index contributed by atoms with van der Waals surface area (Å²) in [5.74, 6) is -1.18. The summed E-state index contributed by atoms with van der Waals surface area (Å²) in [6, 6.07) is 3.24. The van der Waals surface area contributed by atoms with Gasteiger partial charge in [0.25, 0.3) is 0 Å². The average Bonchev–Trinajstić information content (AvgIpc) is 2.43. The van der Waals surface area contributed by atoms with Gasteiger partial charge in [-0.25, -0.2) is 13.8 Å². The van der Waals surface area contributed by atoms with Crippen molar-refractivity contribution in [2.45, 2.75) is 0 Å². The molecule has 0 saturated carbocycles. The van der Waals surface area contributed by atoms with Crippen LogP contribution in [-0.2, 0) is 7.05 Å². The Kier molecular flexibility index (Phi) is 2.55. The van der Waals surface area contributed by atoms with Crippen LogP contribution in [0.2, 0.25) is 5.15 Å². The van der Waals surface area contributed by atoms with E-state index in [0.29, 0.717) is 5.69 Å². The Bertz CT molecular complexity index is 551. The molecule has 0 bridgehead atoms. The van der Waals surface area contributed by atoms with Crippen LogP contribution in [0.1, 0.15) is 0 Å². The first-order valence-corrected chi connectivity index (χ1v) is 4.81. The molecule has 0 radical (unpaired) electrons. The third-order valence-electron chi connectivity index (χ3n) is 2.27. The summed E-state index contributed by atoms with van der Waals surface area (Å²) >= 11 is 5.82. The van der Waals surface area contributed by atoms with Gasteiger partial charge in [0.1, 0.15) is 11.6 Å². The van der Waals surface area contributed by atoms with Gasteiger partial charge in [0.2, 0.25) is 5.95 Å². The van der Waals surface area contributed by atoms with Crippen molar-refractivity contribution in [2.75, 3.05) is 5.73 Å². The Labute approximate surface area is 95.5 Å². The number of aromatic nitrogens is 2. The van der Waals surface area contributed by atoms with Crippen LogP contribution < -0.4 is 5.73 Å². The summed E-state index contributed by atoms with van der Waals surface area (Å²) in [4.78, 5) is 3.80. The predicted molar refractivity (Wildman–Crippen MR) is 58.0 cm³/mol. The fourth-order valence-corrected chi connectivity index (χ4v) is 1.77. The molecule has 0 unspecified atom stereocenters. The normalized spacial score (nSPS) is 10.8. The fourth-order valence-electron chi connectivity index (χ4n) is 1.45. The van der Waals surface area contributed by atoms with Crippen molar-refractivity contribution in [3.8, 4) is 11.3 Å². The number of anilines is 1. The standard InChI is InChI=1S/C10H8ClF2N3/c1-16-8(9(11)15-10(16)14)6-3-2-5(12)4-7(6)13/h2-4H,1H3,(H2,14,15). The highest BCUT2D eigenvalue weighted by molar-refractivity contribution is 6.32. The van der Waals surface area contributed by atoms with Crippen molar-refractivity contribution in [3.05, 3.63) is 35.0 Å². The number of rotatable bonds is 1. The lowest BCUT2D eigenvalue weighted by Crippen LogP contribution is -1.99. The maximum Gasteiger partial charge on any atom is 0.201 e. The summed E-state index contributed by atoms with van der Waals surface area (Å²) in [6.07, 6.45) is 0. The molecular weight excluding hydrogens is 236 g/mol. The van der Waals surface area contributed by atoms with Crippen molar-refractivity contribution >= 4 is 17.5 Å². The van der Waals surface area contributed by atoms with Gasteiger partial charge in [-0.2, -0.15) is 0 Å². The summed E-state index contributed by atoms with van der Waals surface area (Å²) < 4.78 is 27.7. The van der Waals surface area contributed by atoms with Gasteiger partial charge in [-0.15, -0.1) is 0 Å². The molecule has 2 N–H and O–H groups in total. The van der Waals surface area contributed by atoms with E-state index in [0.717, 1.165) is 12.1 Å². The average molecular weight is 244 g/mol. The molecule has 0 fully saturated rings. The number of benzene rings is 1. The Morgan fingerprint density at radius 1 is 1.38 bits per heavy atom. The first-order chi connectivity index (χ1) is 7.50. The van der Waals surface area contributed by atoms with Gasteiger partial charge in [0, 0.05) is 18.7 Å². The third kappa shape index (κ3) is 1.63. The van der Waals surface area contributed by atoms with Crippen LogP contribution in [0.4, 0.5) is 14.7 Å². The highest BCUT2D eigenvalue weighted by Gasteiger charge is 2.16.